The second kappa shape index (κ2) is 4.63. The predicted octanol–water partition coefficient (Wildman–Crippen LogP) is 3.12. The lowest BCUT2D eigenvalue weighted by molar-refractivity contribution is 0.629. The molecular weight excluding hydrogens is 254 g/mol. The van der Waals surface area contributed by atoms with Crippen LogP contribution in [-0.4, -0.2) is 10.5 Å². The molecule has 0 saturated carbocycles. The molecule has 80 valence electrons. The zero-order chi connectivity index (χ0) is 11.5. The van der Waals surface area contributed by atoms with Crippen LogP contribution >= 0.6 is 15.9 Å². The number of hydrogen-bond acceptors (Lipinski definition) is 3. The van der Waals surface area contributed by atoms with Gasteiger partial charge in [-0.2, -0.15) is 5.26 Å². The fourth-order valence-electron chi connectivity index (χ4n) is 1.16. The quantitative estimate of drug-likeness (QED) is 0.838. The number of aromatic nitrogens is 1. The standard InChI is InChI=1S/C11H14BrN3/c1-11(2,3)15-10-8(6-7-13)4-5-9(12)14-10/h4-5H,6H2,1-3H3,(H,14,15). The minimum absolute atomic E-state index is 0.0575. The van der Waals surface area contributed by atoms with E-state index in [2.05, 4.69) is 53.1 Å². The summed E-state index contributed by atoms with van der Waals surface area (Å²) in [7, 11) is 0. The van der Waals surface area contributed by atoms with Crippen molar-refractivity contribution < 1.29 is 0 Å². The first kappa shape index (κ1) is 12.0. The summed E-state index contributed by atoms with van der Waals surface area (Å²) in [5.41, 5.74) is 0.869. The highest BCUT2D eigenvalue weighted by molar-refractivity contribution is 9.10. The van der Waals surface area contributed by atoms with Gasteiger partial charge in [0.2, 0.25) is 0 Å². The molecule has 0 aliphatic heterocycles. The Labute approximate surface area is 98.7 Å². The van der Waals surface area contributed by atoms with Crippen molar-refractivity contribution in [2.75, 3.05) is 5.32 Å². The molecule has 1 aromatic rings. The molecule has 4 heteroatoms. The lowest BCUT2D eigenvalue weighted by atomic mass is 10.1. The first-order chi connectivity index (χ1) is 6.92. The Bertz CT molecular complexity index is 388. The Hall–Kier alpha value is -1.08. The Balaban J connectivity index is 3.03. The number of nitrogens with one attached hydrogen (secondary N) is 1. The molecule has 0 aliphatic carbocycles. The third-order valence-corrected chi connectivity index (χ3v) is 2.15. The largest absolute Gasteiger partial charge is 0.365 e. The molecule has 0 aliphatic rings. The molecule has 0 fully saturated rings. The third kappa shape index (κ3) is 3.88. The van der Waals surface area contributed by atoms with E-state index in [0.717, 1.165) is 16.0 Å². The molecule has 1 heterocycles. The maximum absolute atomic E-state index is 8.69. The normalized spacial score (nSPS) is 10.9. The molecule has 1 aromatic heterocycles. The van der Waals surface area contributed by atoms with Crippen LogP contribution in [-0.2, 0) is 6.42 Å². The highest BCUT2D eigenvalue weighted by Crippen LogP contribution is 2.20. The zero-order valence-corrected chi connectivity index (χ0v) is 10.7. The van der Waals surface area contributed by atoms with E-state index in [4.69, 9.17) is 5.26 Å². The SMILES string of the molecule is CC(C)(C)Nc1nc(Br)ccc1CC#N. The van der Waals surface area contributed by atoms with Gasteiger partial charge in [0, 0.05) is 11.1 Å². The number of pyridine rings is 1. The zero-order valence-electron chi connectivity index (χ0n) is 9.13. The molecule has 0 saturated heterocycles. The Morgan fingerprint density at radius 3 is 2.67 bits per heavy atom. The van der Waals surface area contributed by atoms with Crippen LogP contribution in [0.15, 0.2) is 16.7 Å². The highest BCUT2D eigenvalue weighted by Gasteiger charge is 2.13. The molecule has 0 radical (unpaired) electrons. The maximum Gasteiger partial charge on any atom is 0.131 e. The Kier molecular flexibility index (Phi) is 3.70. The Morgan fingerprint density at radius 2 is 2.13 bits per heavy atom. The summed E-state index contributed by atoms with van der Waals surface area (Å²) >= 11 is 3.32. The van der Waals surface area contributed by atoms with Crippen LogP contribution in [0.4, 0.5) is 5.82 Å². The number of rotatable bonds is 2. The van der Waals surface area contributed by atoms with Gasteiger partial charge in [-0.3, -0.25) is 0 Å². The van der Waals surface area contributed by atoms with Crippen molar-refractivity contribution in [2.24, 2.45) is 0 Å². The van der Waals surface area contributed by atoms with Gasteiger partial charge in [-0.05, 0) is 42.8 Å². The first-order valence-electron chi connectivity index (χ1n) is 4.73. The molecule has 0 amide bonds. The van der Waals surface area contributed by atoms with Gasteiger partial charge >= 0.3 is 0 Å². The molecule has 1 rings (SSSR count). The van der Waals surface area contributed by atoms with Crippen LogP contribution in [0.2, 0.25) is 0 Å². The maximum atomic E-state index is 8.69. The van der Waals surface area contributed by atoms with Gasteiger partial charge in [-0.15, -0.1) is 0 Å². The predicted molar refractivity (Wildman–Crippen MR) is 64.6 cm³/mol. The minimum atomic E-state index is -0.0575. The van der Waals surface area contributed by atoms with Crippen molar-refractivity contribution in [1.82, 2.24) is 4.98 Å². The summed E-state index contributed by atoms with van der Waals surface area (Å²) in [6.45, 7) is 6.18. The molecule has 0 atom stereocenters. The van der Waals surface area contributed by atoms with Gasteiger partial charge in [0.15, 0.2) is 0 Å². The van der Waals surface area contributed by atoms with Gasteiger partial charge < -0.3 is 5.32 Å². The van der Waals surface area contributed by atoms with Gasteiger partial charge in [0.1, 0.15) is 10.4 Å². The molecule has 1 N–H and O–H groups in total. The number of nitriles is 1. The molecule has 0 spiro atoms. The number of nitrogens with zero attached hydrogens (tertiary/aromatic N) is 2. The van der Waals surface area contributed by atoms with Gasteiger partial charge in [0.25, 0.3) is 0 Å². The van der Waals surface area contributed by atoms with Gasteiger partial charge in [0.05, 0.1) is 12.5 Å². The topological polar surface area (TPSA) is 48.7 Å². The van der Waals surface area contributed by atoms with Crippen molar-refractivity contribution in [3.63, 3.8) is 0 Å². The van der Waals surface area contributed by atoms with Crippen LogP contribution in [0.3, 0.4) is 0 Å². The number of hydrogen-bond donors (Lipinski definition) is 1. The van der Waals surface area contributed by atoms with E-state index in [0.29, 0.717) is 6.42 Å². The molecule has 0 unspecified atom stereocenters. The van der Waals surface area contributed by atoms with Crippen LogP contribution in [0.25, 0.3) is 0 Å². The van der Waals surface area contributed by atoms with Crippen molar-refractivity contribution in [2.45, 2.75) is 32.7 Å². The average Bonchev–Trinajstić information content (AvgIpc) is 2.07. The van der Waals surface area contributed by atoms with E-state index in [9.17, 15) is 0 Å². The smallest absolute Gasteiger partial charge is 0.131 e. The van der Waals surface area contributed by atoms with Crippen LogP contribution in [0.1, 0.15) is 26.3 Å². The molecule has 3 nitrogen and oxygen atoms in total. The second-order valence-electron chi connectivity index (χ2n) is 4.35. The molecule has 0 aromatic carbocycles. The second-order valence-corrected chi connectivity index (χ2v) is 5.16. The van der Waals surface area contributed by atoms with E-state index in [1.807, 2.05) is 12.1 Å². The first-order valence-corrected chi connectivity index (χ1v) is 5.52. The summed E-state index contributed by atoms with van der Waals surface area (Å²) in [4.78, 5) is 4.33. The molecule has 0 bridgehead atoms. The summed E-state index contributed by atoms with van der Waals surface area (Å²) < 4.78 is 0.774. The monoisotopic (exact) mass is 267 g/mol. The van der Waals surface area contributed by atoms with Crippen LogP contribution in [0.5, 0.6) is 0 Å². The minimum Gasteiger partial charge on any atom is -0.365 e. The van der Waals surface area contributed by atoms with E-state index in [1.54, 1.807) is 0 Å². The number of anilines is 1. The summed E-state index contributed by atoms with van der Waals surface area (Å²) in [5.74, 6) is 0.776. The van der Waals surface area contributed by atoms with Crippen LogP contribution < -0.4 is 5.32 Å². The lowest BCUT2D eigenvalue weighted by Crippen LogP contribution is -2.27. The van der Waals surface area contributed by atoms with E-state index in [1.165, 1.54) is 0 Å². The summed E-state index contributed by atoms with van der Waals surface area (Å²) in [5, 5.41) is 12.0. The molecular formula is C11H14BrN3. The average molecular weight is 268 g/mol. The van der Waals surface area contributed by atoms with E-state index in [-0.39, 0.29) is 5.54 Å². The van der Waals surface area contributed by atoms with Crippen molar-refractivity contribution in [3.05, 3.63) is 22.3 Å². The molecule has 15 heavy (non-hydrogen) atoms. The van der Waals surface area contributed by atoms with Crippen molar-refractivity contribution >= 4 is 21.7 Å². The summed E-state index contributed by atoms with van der Waals surface area (Å²) in [6, 6.07) is 5.89. The lowest BCUT2D eigenvalue weighted by Gasteiger charge is -2.22. The van der Waals surface area contributed by atoms with E-state index >= 15 is 0 Å². The highest BCUT2D eigenvalue weighted by atomic mass is 79.9. The van der Waals surface area contributed by atoms with Gasteiger partial charge in [-0.1, -0.05) is 6.07 Å². The summed E-state index contributed by atoms with van der Waals surface area (Å²) in [6.07, 6.45) is 0.374. The Morgan fingerprint density at radius 1 is 1.47 bits per heavy atom. The van der Waals surface area contributed by atoms with Crippen LogP contribution in [0, 0.1) is 11.3 Å². The fourth-order valence-corrected chi connectivity index (χ4v) is 1.46. The van der Waals surface area contributed by atoms with Crippen molar-refractivity contribution in [1.29, 1.82) is 5.26 Å². The third-order valence-electron chi connectivity index (χ3n) is 1.71. The fraction of sp³-hybridized carbons (Fsp3) is 0.455. The van der Waals surface area contributed by atoms with Crippen molar-refractivity contribution in [3.8, 4) is 6.07 Å². The van der Waals surface area contributed by atoms with Gasteiger partial charge in [-0.25, -0.2) is 4.98 Å². The van der Waals surface area contributed by atoms with E-state index < -0.39 is 0 Å². The number of halogens is 1.